The second-order valence-electron chi connectivity index (χ2n) is 6.23. The molecule has 2 heteroatoms. The molecule has 1 N–H and O–H groups in total. The van der Waals surface area contributed by atoms with Gasteiger partial charge in [-0.1, -0.05) is 33.8 Å². The highest BCUT2D eigenvalue weighted by atomic mass is 19.1. The first-order chi connectivity index (χ1) is 8.89. The van der Waals surface area contributed by atoms with E-state index >= 15 is 0 Å². The summed E-state index contributed by atoms with van der Waals surface area (Å²) in [6, 6.07) is 5.14. The molecule has 1 nitrogen and oxygen atoms in total. The maximum absolute atomic E-state index is 13.2. The van der Waals surface area contributed by atoms with E-state index in [1.165, 1.54) is 5.56 Å². The normalized spacial score (nSPS) is 14.7. The van der Waals surface area contributed by atoms with E-state index in [-0.39, 0.29) is 11.2 Å². The Bertz CT molecular complexity index is 400. The fraction of sp³-hybridized carbons (Fsp3) is 0.647. The molecule has 1 atom stereocenters. The highest BCUT2D eigenvalue weighted by Gasteiger charge is 2.28. The predicted octanol–water partition coefficient (Wildman–Crippen LogP) is 4.34. The van der Waals surface area contributed by atoms with E-state index in [2.05, 4.69) is 33.0 Å². The van der Waals surface area contributed by atoms with Crippen molar-refractivity contribution in [2.45, 2.75) is 47.5 Å². The summed E-state index contributed by atoms with van der Waals surface area (Å²) in [6.45, 7) is 13.1. The molecule has 0 aromatic heterocycles. The number of nitrogens with one attached hydrogen (secondary N) is 1. The van der Waals surface area contributed by atoms with Crippen LogP contribution in [-0.2, 0) is 6.42 Å². The molecule has 19 heavy (non-hydrogen) atoms. The van der Waals surface area contributed by atoms with Crippen LogP contribution in [0.4, 0.5) is 4.39 Å². The van der Waals surface area contributed by atoms with Gasteiger partial charge in [-0.2, -0.15) is 0 Å². The molecule has 1 aromatic rings. The predicted molar refractivity (Wildman–Crippen MR) is 80.9 cm³/mol. The average molecular weight is 265 g/mol. The fourth-order valence-electron chi connectivity index (χ4n) is 2.31. The van der Waals surface area contributed by atoms with E-state index in [1.807, 2.05) is 13.0 Å². The Balaban J connectivity index is 2.82. The Labute approximate surface area is 117 Å². The van der Waals surface area contributed by atoms with Crippen molar-refractivity contribution in [3.63, 3.8) is 0 Å². The Hall–Kier alpha value is -0.890. The molecule has 0 aliphatic heterocycles. The minimum atomic E-state index is -0.142. The van der Waals surface area contributed by atoms with E-state index in [0.29, 0.717) is 5.92 Å². The monoisotopic (exact) mass is 265 g/mol. The largest absolute Gasteiger partial charge is 0.316 e. The van der Waals surface area contributed by atoms with E-state index in [9.17, 15) is 4.39 Å². The summed E-state index contributed by atoms with van der Waals surface area (Å²) in [5, 5.41) is 3.53. The first kappa shape index (κ1) is 16.2. The van der Waals surface area contributed by atoms with Crippen LogP contribution >= 0.6 is 0 Å². The molecule has 1 rings (SSSR count). The van der Waals surface area contributed by atoms with Crippen molar-refractivity contribution in [2.75, 3.05) is 13.1 Å². The van der Waals surface area contributed by atoms with E-state index < -0.39 is 0 Å². The van der Waals surface area contributed by atoms with Crippen LogP contribution in [0.1, 0.15) is 45.2 Å². The number of rotatable bonds is 7. The maximum atomic E-state index is 13.2. The van der Waals surface area contributed by atoms with Crippen molar-refractivity contribution in [3.05, 3.63) is 35.1 Å². The number of hydrogen-bond acceptors (Lipinski definition) is 1. The minimum Gasteiger partial charge on any atom is -0.316 e. The van der Waals surface area contributed by atoms with E-state index in [0.717, 1.165) is 31.5 Å². The van der Waals surface area contributed by atoms with Gasteiger partial charge in [0.25, 0.3) is 0 Å². The van der Waals surface area contributed by atoms with E-state index in [4.69, 9.17) is 0 Å². The molecule has 0 aliphatic rings. The lowest BCUT2D eigenvalue weighted by Gasteiger charge is -2.35. The summed E-state index contributed by atoms with van der Waals surface area (Å²) in [5.74, 6) is 0.443. The second-order valence-corrected chi connectivity index (χ2v) is 6.23. The van der Waals surface area contributed by atoms with Gasteiger partial charge in [-0.05, 0) is 60.9 Å². The SMILES string of the molecule is CCCNCC(C)(Cc1ccc(F)cc1C)C(C)C. The summed E-state index contributed by atoms with van der Waals surface area (Å²) in [6.07, 6.45) is 2.15. The zero-order valence-corrected chi connectivity index (χ0v) is 13.0. The highest BCUT2D eigenvalue weighted by molar-refractivity contribution is 5.27. The van der Waals surface area contributed by atoms with Gasteiger partial charge in [0.05, 0.1) is 0 Å². The zero-order chi connectivity index (χ0) is 14.5. The molecule has 0 saturated heterocycles. The minimum absolute atomic E-state index is 0.142. The van der Waals surface area contributed by atoms with E-state index in [1.54, 1.807) is 12.1 Å². The zero-order valence-electron chi connectivity index (χ0n) is 13.0. The lowest BCUT2D eigenvalue weighted by molar-refractivity contribution is 0.207. The molecule has 1 aromatic carbocycles. The summed E-state index contributed by atoms with van der Waals surface area (Å²) >= 11 is 0. The van der Waals surface area contributed by atoms with Gasteiger partial charge in [-0.3, -0.25) is 0 Å². The molecule has 0 heterocycles. The number of halogens is 1. The van der Waals surface area contributed by atoms with Crippen LogP contribution in [0, 0.1) is 24.1 Å². The summed E-state index contributed by atoms with van der Waals surface area (Å²) in [5.41, 5.74) is 2.52. The molecule has 0 spiro atoms. The van der Waals surface area contributed by atoms with Crippen LogP contribution in [0.15, 0.2) is 18.2 Å². The van der Waals surface area contributed by atoms with Crippen LogP contribution in [0.25, 0.3) is 0 Å². The van der Waals surface area contributed by atoms with Crippen molar-refractivity contribution in [2.24, 2.45) is 11.3 Å². The van der Waals surface area contributed by atoms with Gasteiger partial charge >= 0.3 is 0 Å². The number of benzene rings is 1. The van der Waals surface area contributed by atoms with Crippen LogP contribution in [-0.4, -0.2) is 13.1 Å². The lowest BCUT2D eigenvalue weighted by Crippen LogP contribution is -2.38. The van der Waals surface area contributed by atoms with Crippen molar-refractivity contribution >= 4 is 0 Å². The summed E-state index contributed by atoms with van der Waals surface area (Å²) in [4.78, 5) is 0. The third kappa shape index (κ3) is 4.61. The van der Waals surface area contributed by atoms with Gasteiger partial charge in [0.1, 0.15) is 5.82 Å². The van der Waals surface area contributed by atoms with Gasteiger partial charge in [-0.15, -0.1) is 0 Å². The van der Waals surface area contributed by atoms with Crippen LogP contribution in [0.5, 0.6) is 0 Å². The van der Waals surface area contributed by atoms with Crippen molar-refractivity contribution in [1.82, 2.24) is 5.32 Å². The molecule has 0 amide bonds. The lowest BCUT2D eigenvalue weighted by atomic mass is 9.73. The van der Waals surface area contributed by atoms with Gasteiger partial charge < -0.3 is 5.32 Å². The van der Waals surface area contributed by atoms with Crippen LogP contribution in [0.2, 0.25) is 0 Å². The van der Waals surface area contributed by atoms with Crippen molar-refractivity contribution < 1.29 is 4.39 Å². The van der Waals surface area contributed by atoms with Crippen molar-refractivity contribution in [3.8, 4) is 0 Å². The maximum Gasteiger partial charge on any atom is 0.123 e. The Morgan fingerprint density at radius 2 is 2.00 bits per heavy atom. The average Bonchev–Trinajstić information content (AvgIpc) is 2.33. The third-order valence-corrected chi connectivity index (χ3v) is 4.25. The van der Waals surface area contributed by atoms with Gasteiger partial charge in [0.2, 0.25) is 0 Å². The molecule has 1 unspecified atom stereocenters. The van der Waals surface area contributed by atoms with Gasteiger partial charge in [-0.25, -0.2) is 4.39 Å². The van der Waals surface area contributed by atoms with Gasteiger partial charge in [0, 0.05) is 6.54 Å². The van der Waals surface area contributed by atoms with Crippen molar-refractivity contribution in [1.29, 1.82) is 0 Å². The van der Waals surface area contributed by atoms with Crippen LogP contribution in [0.3, 0.4) is 0 Å². The van der Waals surface area contributed by atoms with Gasteiger partial charge in [0.15, 0.2) is 0 Å². The molecule has 0 aliphatic carbocycles. The second kappa shape index (κ2) is 7.04. The number of hydrogen-bond donors (Lipinski definition) is 1. The topological polar surface area (TPSA) is 12.0 Å². The molecule has 108 valence electrons. The summed E-state index contributed by atoms with van der Waals surface area (Å²) in [7, 11) is 0. The molecule has 0 fully saturated rings. The molecular weight excluding hydrogens is 237 g/mol. The molecular formula is C17H28FN. The standard InChI is InChI=1S/C17H28FN/c1-6-9-19-12-17(5,13(2)3)11-15-7-8-16(18)10-14(15)4/h7-8,10,13,19H,6,9,11-12H2,1-5H3. The Morgan fingerprint density at radius 1 is 1.32 bits per heavy atom. The summed E-state index contributed by atoms with van der Waals surface area (Å²) < 4.78 is 13.2. The molecule has 0 bridgehead atoms. The fourth-order valence-corrected chi connectivity index (χ4v) is 2.31. The first-order valence-corrected chi connectivity index (χ1v) is 7.35. The third-order valence-electron chi connectivity index (χ3n) is 4.25. The first-order valence-electron chi connectivity index (χ1n) is 7.35. The number of aryl methyl sites for hydroxylation is 1. The molecule has 0 saturated carbocycles. The van der Waals surface area contributed by atoms with Crippen LogP contribution < -0.4 is 5.32 Å². The quantitative estimate of drug-likeness (QED) is 0.723. The highest BCUT2D eigenvalue weighted by Crippen LogP contribution is 2.31. The molecule has 0 radical (unpaired) electrons. The Morgan fingerprint density at radius 3 is 2.53 bits per heavy atom. The Kier molecular flexibility index (Phi) is 5.99. The smallest absolute Gasteiger partial charge is 0.123 e.